The number of rotatable bonds is 9. The van der Waals surface area contributed by atoms with E-state index in [2.05, 4.69) is 12.2 Å². The second kappa shape index (κ2) is 8.95. The first-order valence-electron chi connectivity index (χ1n) is 7.17. The Morgan fingerprint density at radius 3 is 2.61 bits per heavy atom. The highest BCUT2D eigenvalue weighted by molar-refractivity contribution is 5.76. The molecule has 0 saturated heterocycles. The largest absolute Gasteiger partial charge is 0.464 e. The Hall–Kier alpha value is -1.06. The van der Waals surface area contributed by atoms with Crippen LogP contribution in [0.2, 0.25) is 0 Å². The second-order valence-corrected chi connectivity index (χ2v) is 4.96. The van der Waals surface area contributed by atoms with E-state index in [4.69, 9.17) is 4.74 Å². The Morgan fingerprint density at radius 1 is 1.22 bits per heavy atom. The van der Waals surface area contributed by atoms with Crippen molar-refractivity contribution >= 4 is 11.9 Å². The lowest BCUT2D eigenvalue weighted by Crippen LogP contribution is -2.30. The van der Waals surface area contributed by atoms with Gasteiger partial charge in [0.05, 0.1) is 12.5 Å². The summed E-state index contributed by atoms with van der Waals surface area (Å²) >= 11 is 0. The number of ether oxygens (including phenoxy) is 1. The fraction of sp³-hybridized carbons (Fsp3) is 0.857. The number of esters is 1. The molecule has 1 saturated carbocycles. The van der Waals surface area contributed by atoms with E-state index in [1.165, 1.54) is 12.8 Å². The highest BCUT2D eigenvalue weighted by Gasteiger charge is 2.26. The van der Waals surface area contributed by atoms with Gasteiger partial charge in [-0.15, -0.1) is 0 Å². The highest BCUT2D eigenvalue weighted by Crippen LogP contribution is 2.27. The lowest BCUT2D eigenvalue weighted by atomic mass is 9.86. The van der Waals surface area contributed by atoms with Gasteiger partial charge in [-0.1, -0.05) is 32.6 Å². The Morgan fingerprint density at radius 2 is 2.00 bits per heavy atom. The molecule has 1 aliphatic rings. The fourth-order valence-corrected chi connectivity index (χ4v) is 1.90. The zero-order valence-corrected chi connectivity index (χ0v) is 11.4. The van der Waals surface area contributed by atoms with Gasteiger partial charge >= 0.3 is 5.97 Å². The molecule has 4 nitrogen and oxygen atoms in total. The smallest absolute Gasteiger partial charge is 0.308 e. The van der Waals surface area contributed by atoms with Gasteiger partial charge < -0.3 is 10.1 Å². The van der Waals surface area contributed by atoms with Gasteiger partial charge in [0, 0.05) is 6.42 Å². The van der Waals surface area contributed by atoms with Crippen LogP contribution in [0.3, 0.4) is 0 Å². The Labute approximate surface area is 109 Å². The highest BCUT2D eigenvalue weighted by atomic mass is 16.5. The molecule has 0 heterocycles. The Balaban J connectivity index is 1.90. The minimum Gasteiger partial charge on any atom is -0.464 e. The van der Waals surface area contributed by atoms with Crippen LogP contribution in [0.4, 0.5) is 0 Å². The minimum absolute atomic E-state index is 0.0609. The molecule has 1 amide bonds. The summed E-state index contributed by atoms with van der Waals surface area (Å²) < 4.78 is 5.09. The van der Waals surface area contributed by atoms with E-state index in [0.29, 0.717) is 19.6 Å². The number of nitrogens with one attached hydrogen (secondary N) is 1. The van der Waals surface area contributed by atoms with Crippen molar-refractivity contribution in [3.05, 3.63) is 0 Å². The molecule has 0 atom stereocenters. The molecule has 4 heteroatoms. The van der Waals surface area contributed by atoms with Crippen molar-refractivity contribution in [2.75, 3.05) is 13.2 Å². The molecule has 0 aromatic carbocycles. The first kappa shape index (κ1) is 15.0. The van der Waals surface area contributed by atoms with E-state index < -0.39 is 0 Å². The maximum absolute atomic E-state index is 11.4. The molecule has 0 radical (unpaired) electrons. The summed E-state index contributed by atoms with van der Waals surface area (Å²) in [5.41, 5.74) is 0. The van der Waals surface area contributed by atoms with E-state index in [1.807, 2.05) is 0 Å². The molecule has 0 unspecified atom stereocenters. The summed E-state index contributed by atoms with van der Waals surface area (Å²) in [7, 11) is 0. The second-order valence-electron chi connectivity index (χ2n) is 4.96. The van der Waals surface area contributed by atoms with Crippen LogP contribution in [0.15, 0.2) is 0 Å². The summed E-state index contributed by atoms with van der Waals surface area (Å²) in [6, 6.07) is 0. The van der Waals surface area contributed by atoms with Crippen LogP contribution in [-0.2, 0) is 14.3 Å². The Bertz CT molecular complexity index is 262. The van der Waals surface area contributed by atoms with Gasteiger partial charge in [-0.3, -0.25) is 9.59 Å². The van der Waals surface area contributed by atoms with E-state index in [-0.39, 0.29) is 17.8 Å². The predicted octanol–water partition coefficient (Wildman–Crippen LogP) is 2.42. The van der Waals surface area contributed by atoms with E-state index in [1.54, 1.807) is 0 Å². The molecule has 0 bridgehead atoms. The molecule has 1 aliphatic carbocycles. The lowest BCUT2D eigenvalue weighted by Gasteiger charge is -2.23. The SMILES string of the molecule is CCCCCCC(=O)NCCOC(=O)C1CCC1. The fourth-order valence-electron chi connectivity index (χ4n) is 1.90. The topological polar surface area (TPSA) is 55.4 Å². The molecular formula is C14H25NO3. The van der Waals surface area contributed by atoms with Gasteiger partial charge in [0.2, 0.25) is 5.91 Å². The third kappa shape index (κ3) is 6.03. The number of hydrogen-bond acceptors (Lipinski definition) is 3. The van der Waals surface area contributed by atoms with Gasteiger partial charge in [0.1, 0.15) is 6.61 Å². The average molecular weight is 255 g/mol. The number of hydrogen-bond donors (Lipinski definition) is 1. The number of carbonyl (C=O) groups is 2. The molecule has 1 fully saturated rings. The molecule has 0 aromatic rings. The summed E-state index contributed by atoms with van der Waals surface area (Å²) in [6.07, 6.45) is 8.06. The average Bonchev–Trinajstić information content (AvgIpc) is 2.28. The molecule has 104 valence electrons. The Kier molecular flexibility index (Phi) is 7.46. The quantitative estimate of drug-likeness (QED) is 0.508. The van der Waals surface area contributed by atoms with Gasteiger partial charge in [-0.25, -0.2) is 0 Å². The summed E-state index contributed by atoms with van der Waals surface area (Å²) in [6.45, 7) is 2.89. The van der Waals surface area contributed by atoms with Gasteiger partial charge in [-0.2, -0.15) is 0 Å². The van der Waals surface area contributed by atoms with Crippen molar-refractivity contribution in [3.63, 3.8) is 0 Å². The van der Waals surface area contributed by atoms with E-state index in [9.17, 15) is 9.59 Å². The van der Waals surface area contributed by atoms with Crippen molar-refractivity contribution in [3.8, 4) is 0 Å². The third-order valence-corrected chi connectivity index (χ3v) is 3.36. The van der Waals surface area contributed by atoms with Crippen molar-refractivity contribution in [1.29, 1.82) is 0 Å². The molecule has 0 aliphatic heterocycles. The lowest BCUT2D eigenvalue weighted by molar-refractivity contribution is -0.151. The number of amides is 1. The van der Waals surface area contributed by atoms with Crippen LogP contribution >= 0.6 is 0 Å². The van der Waals surface area contributed by atoms with Crippen molar-refractivity contribution in [1.82, 2.24) is 5.32 Å². The number of unbranched alkanes of at least 4 members (excludes halogenated alkanes) is 3. The van der Waals surface area contributed by atoms with Gasteiger partial charge in [0.25, 0.3) is 0 Å². The van der Waals surface area contributed by atoms with Crippen molar-refractivity contribution in [2.45, 2.75) is 58.3 Å². The normalized spacial score (nSPS) is 14.9. The maximum Gasteiger partial charge on any atom is 0.308 e. The van der Waals surface area contributed by atoms with Crippen LogP contribution in [0.5, 0.6) is 0 Å². The van der Waals surface area contributed by atoms with Crippen LogP contribution in [0, 0.1) is 5.92 Å². The zero-order valence-electron chi connectivity index (χ0n) is 11.4. The molecule has 0 spiro atoms. The summed E-state index contributed by atoms with van der Waals surface area (Å²) in [5.74, 6) is 0.0824. The third-order valence-electron chi connectivity index (χ3n) is 3.36. The van der Waals surface area contributed by atoms with E-state index >= 15 is 0 Å². The van der Waals surface area contributed by atoms with Crippen LogP contribution < -0.4 is 5.32 Å². The molecule has 1 N–H and O–H groups in total. The monoisotopic (exact) mass is 255 g/mol. The first-order valence-corrected chi connectivity index (χ1v) is 7.17. The van der Waals surface area contributed by atoms with Crippen molar-refractivity contribution < 1.29 is 14.3 Å². The first-order chi connectivity index (χ1) is 8.74. The number of carbonyl (C=O) groups excluding carboxylic acids is 2. The summed E-state index contributed by atoms with van der Waals surface area (Å²) in [5, 5.41) is 2.77. The van der Waals surface area contributed by atoms with Crippen LogP contribution in [-0.4, -0.2) is 25.0 Å². The van der Waals surface area contributed by atoms with E-state index in [0.717, 1.165) is 32.1 Å². The standard InChI is InChI=1S/C14H25NO3/c1-2-3-4-5-9-13(16)15-10-11-18-14(17)12-7-6-8-12/h12H,2-11H2,1H3,(H,15,16). The predicted molar refractivity (Wildman–Crippen MR) is 70.1 cm³/mol. The molecule has 18 heavy (non-hydrogen) atoms. The minimum atomic E-state index is -0.0987. The molecule has 0 aromatic heterocycles. The molecular weight excluding hydrogens is 230 g/mol. The van der Waals surface area contributed by atoms with Gasteiger partial charge in [-0.05, 0) is 19.3 Å². The maximum atomic E-state index is 11.4. The summed E-state index contributed by atoms with van der Waals surface area (Å²) in [4.78, 5) is 22.8. The van der Waals surface area contributed by atoms with Crippen LogP contribution in [0.1, 0.15) is 58.3 Å². The molecule has 1 rings (SSSR count). The van der Waals surface area contributed by atoms with Gasteiger partial charge in [0.15, 0.2) is 0 Å². The van der Waals surface area contributed by atoms with Crippen molar-refractivity contribution in [2.24, 2.45) is 5.92 Å². The zero-order chi connectivity index (χ0) is 13.2. The van der Waals surface area contributed by atoms with Crippen LogP contribution in [0.25, 0.3) is 0 Å².